The number of amides is 3. The van der Waals surface area contributed by atoms with Crippen LogP contribution in [0.5, 0.6) is 17.2 Å². The van der Waals surface area contributed by atoms with Gasteiger partial charge in [-0.15, -0.1) is 0 Å². The average Bonchev–Trinajstić information content (AvgIpc) is 1.59. The number of carbonyl (C=O) groups excluding carboxylic acids is 3. The molecule has 3 saturated heterocycles. The van der Waals surface area contributed by atoms with Crippen LogP contribution < -0.4 is 24.8 Å². The minimum atomic E-state index is -0.556. The van der Waals surface area contributed by atoms with E-state index in [9.17, 15) is 27.6 Å². The van der Waals surface area contributed by atoms with E-state index in [1.165, 1.54) is 42.0 Å². The van der Waals surface area contributed by atoms with E-state index in [0.717, 1.165) is 144 Å². The standard InChI is InChI=1S/C28H32FN3O2.2C27H33FN4O2.2CH4/c1-19-17-31(18-30-19)25-12-9-22(16-26(25)34-3)24-6-4-13-28(24)14-5-15-32(27(28)33)20(2)21-7-10-23(29)11-8-21;2*1-19-16-31(18-30-19)24-11-6-21(14-25(24)34-4)15-27(17-29-3)12-5-13-32(26(27)33)20(2)22-7-9-23(28)10-8-22;;/h7-12,16-18,20,24H,4-6,13-15H2,1-3H3;2*6-11,14,16,18,20,29H,5,12-13,15,17H2,1-4H3;2*1H4/t;2*20-,27?;;/m.00../s1. The second kappa shape index (κ2) is 34.4. The van der Waals surface area contributed by atoms with Gasteiger partial charge in [-0.05, 0) is 232 Å². The molecule has 17 nitrogen and oxygen atoms in total. The molecule has 7 atom stereocenters. The fraction of sp³-hybridized carbons (Fsp3) is 0.429. The van der Waals surface area contributed by atoms with E-state index in [1.807, 2.05) is 120 Å². The van der Waals surface area contributed by atoms with Crippen molar-refractivity contribution in [2.45, 2.75) is 151 Å². The molecule has 1 saturated carbocycles. The highest BCUT2D eigenvalue weighted by Crippen LogP contribution is 2.56. The van der Waals surface area contributed by atoms with Crippen LogP contribution >= 0.6 is 0 Å². The van der Waals surface area contributed by atoms with Crippen LogP contribution in [0.1, 0.15) is 168 Å². The van der Waals surface area contributed by atoms with Crippen LogP contribution in [0.2, 0.25) is 0 Å². The number of methoxy groups -OCH3 is 3. The number of hydrogen-bond acceptors (Lipinski definition) is 11. The number of hydrogen-bond donors (Lipinski definition) is 2. The van der Waals surface area contributed by atoms with Crippen molar-refractivity contribution < 1.29 is 41.8 Å². The van der Waals surface area contributed by atoms with E-state index in [-0.39, 0.29) is 79.5 Å². The molecule has 4 aliphatic rings. The van der Waals surface area contributed by atoms with Gasteiger partial charge in [-0.25, -0.2) is 28.1 Å². The van der Waals surface area contributed by atoms with E-state index in [4.69, 9.17) is 14.2 Å². The van der Waals surface area contributed by atoms with Gasteiger partial charge in [-0.3, -0.25) is 14.4 Å². The summed E-state index contributed by atoms with van der Waals surface area (Å²) in [6.07, 6.45) is 20.8. The van der Waals surface area contributed by atoms with Crippen LogP contribution in [-0.4, -0.2) is 129 Å². The lowest BCUT2D eigenvalue weighted by Gasteiger charge is -2.45. The number of aromatic nitrogens is 6. The van der Waals surface area contributed by atoms with Gasteiger partial charge in [0, 0.05) is 51.3 Å². The van der Waals surface area contributed by atoms with Crippen molar-refractivity contribution in [2.24, 2.45) is 16.2 Å². The molecule has 3 amide bonds. The van der Waals surface area contributed by atoms with Gasteiger partial charge in [-0.2, -0.15) is 0 Å². The third-order valence-electron chi connectivity index (χ3n) is 21.7. The molecule has 3 aliphatic heterocycles. The van der Waals surface area contributed by atoms with Crippen molar-refractivity contribution >= 4 is 17.7 Å². The number of nitrogens with one attached hydrogen (secondary N) is 2. The molecule has 20 heteroatoms. The molecule has 9 aromatic rings. The van der Waals surface area contributed by atoms with Crippen LogP contribution in [0.4, 0.5) is 13.2 Å². The van der Waals surface area contributed by atoms with Crippen molar-refractivity contribution in [1.29, 1.82) is 0 Å². The van der Waals surface area contributed by atoms with Crippen molar-refractivity contribution in [3.63, 3.8) is 0 Å². The Hall–Kier alpha value is -9.53. The van der Waals surface area contributed by atoms with E-state index >= 15 is 0 Å². The van der Waals surface area contributed by atoms with Gasteiger partial charge >= 0.3 is 0 Å². The van der Waals surface area contributed by atoms with Crippen molar-refractivity contribution in [2.75, 3.05) is 68.1 Å². The van der Waals surface area contributed by atoms with Crippen LogP contribution in [0.15, 0.2) is 165 Å². The molecule has 3 aromatic heterocycles. The lowest BCUT2D eigenvalue weighted by Crippen LogP contribution is -2.54. The first kappa shape index (κ1) is 78.6. The fourth-order valence-electron chi connectivity index (χ4n) is 16.4. The molecule has 2 N–H and O–H groups in total. The number of ether oxygens (including phenoxy) is 3. The van der Waals surface area contributed by atoms with Gasteiger partial charge < -0.3 is 53.2 Å². The summed E-state index contributed by atoms with van der Waals surface area (Å²) in [4.78, 5) is 60.8. The lowest BCUT2D eigenvalue weighted by atomic mass is 9.68. The maximum atomic E-state index is 14.1. The number of halogens is 3. The molecule has 1 spiro atoms. The topological polar surface area (TPSA) is 166 Å². The molecular weight excluding hydrogens is 1320 g/mol. The Bertz CT molecular complexity index is 4160. The minimum Gasteiger partial charge on any atom is -0.495 e. The number of carbonyl (C=O) groups is 3. The zero-order valence-corrected chi connectivity index (χ0v) is 60.8. The fourth-order valence-corrected chi connectivity index (χ4v) is 16.4. The van der Waals surface area contributed by atoms with Crippen molar-refractivity contribution in [1.82, 2.24) is 54.0 Å². The molecule has 554 valence electrons. The molecule has 6 heterocycles. The number of likely N-dealkylation sites (tertiary alicyclic amines) is 3. The highest BCUT2D eigenvalue weighted by atomic mass is 19.1. The number of rotatable bonds is 21. The Kier molecular flexibility index (Phi) is 26.0. The molecular formula is C84H106F3N11O6. The second-order valence-corrected chi connectivity index (χ2v) is 28.3. The Morgan fingerprint density at radius 2 is 0.798 bits per heavy atom. The summed E-state index contributed by atoms with van der Waals surface area (Å²) in [6.45, 7) is 15.3. The first-order chi connectivity index (χ1) is 49.2. The Labute approximate surface area is 613 Å². The van der Waals surface area contributed by atoms with Crippen LogP contribution in [0.25, 0.3) is 17.1 Å². The first-order valence-corrected chi connectivity index (χ1v) is 35.7. The molecule has 5 unspecified atom stereocenters. The Morgan fingerprint density at radius 1 is 0.462 bits per heavy atom. The summed E-state index contributed by atoms with van der Waals surface area (Å²) in [7, 11) is 8.79. The molecule has 4 fully saturated rings. The number of imidazole rings is 3. The zero-order valence-electron chi connectivity index (χ0n) is 60.8. The smallest absolute Gasteiger partial charge is 0.230 e. The van der Waals surface area contributed by atoms with Crippen LogP contribution in [0.3, 0.4) is 0 Å². The largest absolute Gasteiger partial charge is 0.495 e. The number of piperidine rings is 3. The summed E-state index contributed by atoms with van der Waals surface area (Å²) in [5, 5.41) is 6.53. The van der Waals surface area contributed by atoms with Crippen molar-refractivity contribution in [3.8, 4) is 34.3 Å². The zero-order chi connectivity index (χ0) is 72.5. The molecule has 104 heavy (non-hydrogen) atoms. The summed E-state index contributed by atoms with van der Waals surface area (Å²) >= 11 is 0. The molecule has 0 radical (unpaired) electrons. The van der Waals surface area contributed by atoms with Gasteiger partial charge in [0.1, 0.15) is 34.7 Å². The quantitative estimate of drug-likeness (QED) is 0.0703. The summed E-state index contributed by atoms with van der Waals surface area (Å²) < 4.78 is 63.3. The minimum absolute atomic E-state index is 0. The predicted molar refractivity (Wildman–Crippen MR) is 404 cm³/mol. The number of benzene rings is 6. The number of aryl methyl sites for hydroxylation is 3. The van der Waals surface area contributed by atoms with Gasteiger partial charge in [0.2, 0.25) is 17.7 Å². The maximum Gasteiger partial charge on any atom is 0.230 e. The van der Waals surface area contributed by atoms with E-state index in [0.29, 0.717) is 39.0 Å². The Morgan fingerprint density at radius 3 is 1.14 bits per heavy atom. The van der Waals surface area contributed by atoms with Crippen molar-refractivity contribution in [3.05, 3.63) is 233 Å². The van der Waals surface area contributed by atoms with Crippen LogP contribution in [0, 0.1) is 54.5 Å². The average molecular weight is 1420 g/mol. The van der Waals surface area contributed by atoms with Crippen LogP contribution in [-0.2, 0) is 27.2 Å². The lowest BCUT2D eigenvalue weighted by molar-refractivity contribution is -0.150. The summed E-state index contributed by atoms with van der Waals surface area (Å²) in [6, 6.07) is 37.7. The SMILES string of the molecule is C.C.CNCC1(Cc2ccc(-n3cnc(C)c3)c(OC)c2)CCCN([C@@H](C)c2ccc(F)cc2)C1=O.CNCC1(Cc2ccc(-n3cnc(C)c3)c(OC)c2)CCCN([C@@H](C)c2ccc(F)cc2)C1=O.COc1cc(C2CCCC23CCCN(C(C)c2ccc(F)cc2)C3=O)ccc1-n1cnc(C)c1. The predicted octanol–water partition coefficient (Wildman–Crippen LogP) is 16.2. The number of nitrogens with zero attached hydrogens (tertiary/aromatic N) is 9. The third-order valence-corrected chi connectivity index (χ3v) is 21.7. The third kappa shape index (κ3) is 16.8. The Balaban J connectivity index is 0.000000179. The van der Waals surface area contributed by atoms with E-state index in [2.05, 4.69) is 62.8 Å². The normalized spacial score (nSPS) is 20.3. The van der Waals surface area contributed by atoms with E-state index in [1.54, 1.807) is 76.7 Å². The highest BCUT2D eigenvalue weighted by molar-refractivity contribution is 5.87. The highest BCUT2D eigenvalue weighted by Gasteiger charge is 2.54. The molecule has 0 bridgehead atoms. The monoisotopic (exact) mass is 1420 g/mol. The molecule has 13 rings (SSSR count). The molecule has 6 aromatic carbocycles. The summed E-state index contributed by atoms with van der Waals surface area (Å²) in [5.41, 5.74) is 10.2. The van der Waals surface area contributed by atoms with E-state index < -0.39 is 10.8 Å². The molecule has 1 aliphatic carbocycles. The van der Waals surface area contributed by atoms with Gasteiger partial charge in [0.25, 0.3) is 0 Å². The van der Waals surface area contributed by atoms with Gasteiger partial charge in [0.15, 0.2) is 0 Å². The first-order valence-electron chi connectivity index (χ1n) is 35.7. The summed E-state index contributed by atoms with van der Waals surface area (Å²) in [5.74, 6) is 2.16. The van der Waals surface area contributed by atoms with Gasteiger partial charge in [-0.1, -0.05) is 75.9 Å². The van der Waals surface area contributed by atoms with Gasteiger partial charge in [0.05, 0.1) is 109 Å². The maximum absolute atomic E-state index is 14.1. The second-order valence-electron chi connectivity index (χ2n) is 28.3.